The van der Waals surface area contributed by atoms with Crippen molar-refractivity contribution in [1.29, 1.82) is 0 Å². The summed E-state index contributed by atoms with van der Waals surface area (Å²) >= 11 is 5.82. The first-order chi connectivity index (χ1) is 14.8. The van der Waals surface area contributed by atoms with Crippen LogP contribution in [0.5, 0.6) is 5.75 Å². The van der Waals surface area contributed by atoms with Crippen LogP contribution in [0.25, 0.3) is 0 Å². The van der Waals surface area contributed by atoms with E-state index >= 15 is 0 Å². The van der Waals surface area contributed by atoms with Gasteiger partial charge in [0.2, 0.25) is 5.91 Å². The Hall–Kier alpha value is -3.06. The van der Waals surface area contributed by atoms with Crippen LogP contribution in [0.2, 0.25) is 5.02 Å². The highest BCUT2D eigenvalue weighted by atomic mass is 35.5. The van der Waals surface area contributed by atoms with Crippen molar-refractivity contribution >= 4 is 29.4 Å². The standard InChI is InChI=1S/C23H26ClN3O4/c1-3-4-16-5-7-17(8-6-16)23(2)21(29)27(22(30)26-23)15-20(28)25-13-14-31-19-11-9-18(24)10-12-19/h5-12H,3-4,13-15H2,1-2H3,(H,25,28)(H,26,30). The number of carbonyl (C=O) groups is 3. The summed E-state index contributed by atoms with van der Waals surface area (Å²) in [6.07, 6.45) is 1.98. The molecule has 1 atom stereocenters. The van der Waals surface area contributed by atoms with Crippen molar-refractivity contribution in [3.8, 4) is 5.75 Å². The molecule has 1 heterocycles. The second kappa shape index (κ2) is 9.83. The van der Waals surface area contributed by atoms with Crippen LogP contribution in [0, 0.1) is 0 Å². The molecule has 0 aliphatic carbocycles. The number of nitrogens with zero attached hydrogens (tertiary/aromatic N) is 1. The minimum atomic E-state index is -1.19. The third kappa shape index (κ3) is 5.35. The summed E-state index contributed by atoms with van der Waals surface area (Å²) in [7, 11) is 0. The Kier molecular flexibility index (Phi) is 7.17. The van der Waals surface area contributed by atoms with Gasteiger partial charge in [0, 0.05) is 5.02 Å². The Morgan fingerprint density at radius 2 is 1.81 bits per heavy atom. The lowest BCUT2D eigenvalue weighted by Gasteiger charge is -2.22. The normalized spacial score (nSPS) is 18.1. The predicted molar refractivity (Wildman–Crippen MR) is 118 cm³/mol. The molecular weight excluding hydrogens is 418 g/mol. The van der Waals surface area contributed by atoms with Crippen molar-refractivity contribution < 1.29 is 19.1 Å². The minimum Gasteiger partial charge on any atom is -0.492 e. The van der Waals surface area contributed by atoms with Gasteiger partial charge in [0.05, 0.1) is 6.54 Å². The lowest BCUT2D eigenvalue weighted by Crippen LogP contribution is -2.43. The van der Waals surface area contributed by atoms with Crippen molar-refractivity contribution in [2.75, 3.05) is 19.7 Å². The third-order valence-electron chi connectivity index (χ3n) is 5.15. The van der Waals surface area contributed by atoms with Crippen LogP contribution in [0.1, 0.15) is 31.4 Å². The van der Waals surface area contributed by atoms with Crippen LogP contribution >= 0.6 is 11.6 Å². The first-order valence-electron chi connectivity index (χ1n) is 10.2. The summed E-state index contributed by atoms with van der Waals surface area (Å²) in [4.78, 5) is 38.5. The van der Waals surface area contributed by atoms with E-state index < -0.39 is 23.4 Å². The van der Waals surface area contributed by atoms with Crippen LogP contribution in [0.3, 0.4) is 0 Å². The van der Waals surface area contributed by atoms with E-state index in [1.165, 1.54) is 5.56 Å². The first-order valence-corrected chi connectivity index (χ1v) is 10.6. The quantitative estimate of drug-likeness (QED) is 0.460. The van der Waals surface area contributed by atoms with Crippen LogP contribution in [0.4, 0.5) is 4.79 Å². The predicted octanol–water partition coefficient (Wildman–Crippen LogP) is 3.25. The number of aryl methyl sites for hydroxylation is 1. The molecule has 2 N–H and O–H groups in total. The largest absolute Gasteiger partial charge is 0.492 e. The number of imide groups is 1. The third-order valence-corrected chi connectivity index (χ3v) is 5.41. The van der Waals surface area contributed by atoms with Gasteiger partial charge in [-0.15, -0.1) is 0 Å². The molecular formula is C23H26ClN3O4. The highest BCUT2D eigenvalue weighted by Crippen LogP contribution is 2.29. The fraction of sp³-hybridized carbons (Fsp3) is 0.348. The molecule has 2 aromatic rings. The number of amides is 4. The van der Waals surface area contributed by atoms with Gasteiger partial charge in [-0.1, -0.05) is 49.2 Å². The van der Waals surface area contributed by atoms with Crippen molar-refractivity contribution in [3.05, 3.63) is 64.7 Å². The van der Waals surface area contributed by atoms with Gasteiger partial charge in [0.15, 0.2) is 0 Å². The first kappa shape index (κ1) is 22.6. The second-order valence-electron chi connectivity index (χ2n) is 7.55. The molecule has 2 aromatic carbocycles. The molecule has 31 heavy (non-hydrogen) atoms. The Morgan fingerprint density at radius 1 is 1.13 bits per heavy atom. The van der Waals surface area contributed by atoms with Gasteiger partial charge >= 0.3 is 6.03 Å². The molecule has 8 heteroatoms. The van der Waals surface area contributed by atoms with Crippen LogP contribution < -0.4 is 15.4 Å². The van der Waals surface area contributed by atoms with Crippen molar-refractivity contribution in [2.45, 2.75) is 32.2 Å². The van der Waals surface area contributed by atoms with E-state index in [1.807, 2.05) is 24.3 Å². The molecule has 1 saturated heterocycles. The SMILES string of the molecule is CCCc1ccc(C2(C)NC(=O)N(CC(=O)NCCOc3ccc(Cl)cc3)C2=O)cc1. The number of rotatable bonds is 9. The van der Waals surface area contributed by atoms with Gasteiger partial charge < -0.3 is 15.4 Å². The molecule has 1 aliphatic rings. The maximum Gasteiger partial charge on any atom is 0.325 e. The average Bonchev–Trinajstić information content (AvgIpc) is 2.97. The zero-order valence-corrected chi connectivity index (χ0v) is 18.4. The Morgan fingerprint density at radius 3 is 2.45 bits per heavy atom. The van der Waals surface area contributed by atoms with E-state index in [0.717, 1.165) is 17.7 Å². The van der Waals surface area contributed by atoms with Gasteiger partial charge in [0.1, 0.15) is 24.4 Å². The molecule has 1 fully saturated rings. The van der Waals surface area contributed by atoms with E-state index in [9.17, 15) is 14.4 Å². The molecule has 4 amide bonds. The van der Waals surface area contributed by atoms with Crippen LogP contribution in [-0.4, -0.2) is 42.4 Å². The zero-order chi connectivity index (χ0) is 22.4. The summed E-state index contributed by atoms with van der Waals surface area (Å²) in [6, 6.07) is 13.9. The summed E-state index contributed by atoms with van der Waals surface area (Å²) in [5.74, 6) is -0.257. The molecule has 1 unspecified atom stereocenters. The molecule has 1 aliphatic heterocycles. The van der Waals surface area contributed by atoms with E-state index in [2.05, 4.69) is 17.6 Å². The average molecular weight is 444 g/mol. The van der Waals surface area contributed by atoms with Gasteiger partial charge in [-0.3, -0.25) is 14.5 Å². The molecule has 0 radical (unpaired) electrons. The number of halogens is 1. The molecule has 0 aromatic heterocycles. The van der Waals surface area contributed by atoms with Crippen molar-refractivity contribution in [3.63, 3.8) is 0 Å². The number of nitrogens with one attached hydrogen (secondary N) is 2. The molecule has 164 valence electrons. The number of hydrogen-bond donors (Lipinski definition) is 2. The monoisotopic (exact) mass is 443 g/mol. The van der Waals surface area contributed by atoms with E-state index in [0.29, 0.717) is 16.3 Å². The van der Waals surface area contributed by atoms with E-state index in [1.54, 1.807) is 31.2 Å². The number of ether oxygens (including phenoxy) is 1. The van der Waals surface area contributed by atoms with Gasteiger partial charge in [-0.05, 0) is 48.7 Å². The number of urea groups is 1. The minimum absolute atomic E-state index is 0.237. The van der Waals surface area contributed by atoms with Crippen molar-refractivity contribution in [2.24, 2.45) is 0 Å². The molecule has 0 bridgehead atoms. The highest BCUT2D eigenvalue weighted by molar-refractivity contribution is 6.30. The fourth-order valence-electron chi connectivity index (χ4n) is 3.42. The molecule has 3 rings (SSSR count). The summed E-state index contributed by atoms with van der Waals surface area (Å²) < 4.78 is 5.51. The summed E-state index contributed by atoms with van der Waals surface area (Å²) in [5, 5.41) is 5.98. The van der Waals surface area contributed by atoms with Gasteiger partial charge in [-0.25, -0.2) is 4.79 Å². The van der Waals surface area contributed by atoms with Crippen LogP contribution in [-0.2, 0) is 21.5 Å². The lowest BCUT2D eigenvalue weighted by molar-refractivity contribution is -0.134. The van der Waals surface area contributed by atoms with Gasteiger partial charge in [0.25, 0.3) is 5.91 Å². The second-order valence-corrected chi connectivity index (χ2v) is 7.98. The number of benzene rings is 2. The van der Waals surface area contributed by atoms with Crippen LogP contribution in [0.15, 0.2) is 48.5 Å². The number of carbonyl (C=O) groups excluding carboxylic acids is 3. The smallest absolute Gasteiger partial charge is 0.325 e. The fourth-order valence-corrected chi connectivity index (χ4v) is 3.55. The Balaban J connectivity index is 1.52. The molecule has 0 saturated carbocycles. The van der Waals surface area contributed by atoms with E-state index in [4.69, 9.17) is 16.3 Å². The number of hydrogen-bond acceptors (Lipinski definition) is 4. The summed E-state index contributed by atoms with van der Waals surface area (Å²) in [5.41, 5.74) is 0.661. The maximum atomic E-state index is 13.0. The van der Waals surface area contributed by atoms with E-state index in [-0.39, 0.29) is 19.7 Å². The Labute approximate surface area is 186 Å². The zero-order valence-electron chi connectivity index (χ0n) is 17.6. The Bertz CT molecular complexity index is 946. The molecule has 7 nitrogen and oxygen atoms in total. The summed E-state index contributed by atoms with van der Waals surface area (Å²) in [6.45, 7) is 3.88. The van der Waals surface area contributed by atoms with Gasteiger partial charge in [-0.2, -0.15) is 0 Å². The topological polar surface area (TPSA) is 87.7 Å². The maximum absolute atomic E-state index is 13.0. The molecule has 0 spiro atoms. The lowest BCUT2D eigenvalue weighted by atomic mass is 9.91. The van der Waals surface area contributed by atoms with Crippen molar-refractivity contribution in [1.82, 2.24) is 15.5 Å². The highest BCUT2D eigenvalue weighted by Gasteiger charge is 2.49.